The van der Waals surface area contributed by atoms with E-state index in [2.05, 4.69) is 5.32 Å². The van der Waals surface area contributed by atoms with Crippen molar-refractivity contribution in [3.8, 4) is 0 Å². The van der Waals surface area contributed by atoms with Crippen molar-refractivity contribution in [2.24, 2.45) is 0 Å². The first-order valence-corrected chi connectivity index (χ1v) is 6.19. The molecule has 0 aliphatic heterocycles. The van der Waals surface area contributed by atoms with Crippen molar-refractivity contribution in [3.63, 3.8) is 0 Å². The van der Waals surface area contributed by atoms with Crippen LogP contribution in [-0.4, -0.2) is 17.4 Å². The molecule has 0 bridgehead atoms. The lowest BCUT2D eigenvalue weighted by atomic mass is 10.1. The van der Waals surface area contributed by atoms with Gasteiger partial charge in [0.15, 0.2) is 0 Å². The zero-order valence-corrected chi connectivity index (χ0v) is 11.1. The second-order valence-corrected chi connectivity index (χ2v) is 4.49. The topological polar surface area (TPSA) is 85.4 Å². The molecule has 6 nitrogen and oxygen atoms in total. The molecule has 2 rings (SSSR count). The van der Waals surface area contributed by atoms with Gasteiger partial charge in [-0.05, 0) is 30.2 Å². The van der Waals surface area contributed by atoms with Crippen LogP contribution in [0.25, 0.3) is 0 Å². The third kappa shape index (κ3) is 3.36. The number of nitro benzene ring substituents is 1. The van der Waals surface area contributed by atoms with E-state index in [4.69, 9.17) is 16.0 Å². The van der Waals surface area contributed by atoms with Crippen LogP contribution in [0.5, 0.6) is 0 Å². The fraction of sp³-hybridized carbons (Fsp3) is 0.154. The van der Waals surface area contributed by atoms with Crippen LogP contribution < -0.4 is 5.32 Å². The average Bonchev–Trinajstić information content (AvgIpc) is 2.91. The van der Waals surface area contributed by atoms with Crippen LogP contribution in [0.1, 0.15) is 15.9 Å². The summed E-state index contributed by atoms with van der Waals surface area (Å²) in [6, 6.07) is 5.66. The highest BCUT2D eigenvalue weighted by molar-refractivity contribution is 6.31. The van der Waals surface area contributed by atoms with Crippen molar-refractivity contribution in [3.05, 3.63) is 63.1 Å². The van der Waals surface area contributed by atoms with Gasteiger partial charge in [0.05, 0.1) is 17.4 Å². The van der Waals surface area contributed by atoms with Crippen LogP contribution >= 0.6 is 11.6 Å². The first-order valence-electron chi connectivity index (χ1n) is 5.81. The molecule has 0 fully saturated rings. The Morgan fingerprint density at radius 2 is 2.20 bits per heavy atom. The Kier molecular flexibility index (Phi) is 4.37. The highest BCUT2D eigenvalue weighted by atomic mass is 35.5. The van der Waals surface area contributed by atoms with Crippen molar-refractivity contribution in [2.45, 2.75) is 6.42 Å². The number of nitrogens with one attached hydrogen (secondary N) is 1. The minimum Gasteiger partial charge on any atom is -0.472 e. The maximum atomic E-state index is 12.0. The quantitative estimate of drug-likeness (QED) is 0.678. The molecule has 1 amide bonds. The Bertz CT molecular complexity index is 625. The number of hydrogen-bond donors (Lipinski definition) is 1. The summed E-state index contributed by atoms with van der Waals surface area (Å²) < 4.78 is 4.90. The molecule has 7 heteroatoms. The van der Waals surface area contributed by atoms with Crippen molar-refractivity contribution in [1.29, 1.82) is 0 Å². The first-order chi connectivity index (χ1) is 9.58. The minimum atomic E-state index is -0.610. The maximum Gasteiger partial charge on any atom is 0.282 e. The molecule has 104 valence electrons. The van der Waals surface area contributed by atoms with Gasteiger partial charge in [-0.3, -0.25) is 14.9 Å². The third-order valence-corrected chi connectivity index (χ3v) is 2.91. The maximum absolute atomic E-state index is 12.0. The molecule has 1 aromatic heterocycles. The molecule has 0 aliphatic carbocycles. The molecule has 1 heterocycles. The fourth-order valence-corrected chi connectivity index (χ4v) is 1.87. The number of halogens is 1. The van der Waals surface area contributed by atoms with E-state index in [-0.39, 0.29) is 16.3 Å². The Morgan fingerprint density at radius 3 is 2.85 bits per heavy atom. The Hall–Kier alpha value is -2.34. The minimum absolute atomic E-state index is 0.0466. The molecule has 0 saturated heterocycles. The van der Waals surface area contributed by atoms with Crippen LogP contribution in [0.4, 0.5) is 5.69 Å². The fourth-order valence-electron chi connectivity index (χ4n) is 1.70. The molecule has 0 radical (unpaired) electrons. The van der Waals surface area contributed by atoms with Gasteiger partial charge in [0.2, 0.25) is 0 Å². The summed E-state index contributed by atoms with van der Waals surface area (Å²) in [5.41, 5.74) is 0.621. The van der Waals surface area contributed by atoms with Gasteiger partial charge in [-0.2, -0.15) is 0 Å². The smallest absolute Gasteiger partial charge is 0.282 e. The van der Waals surface area contributed by atoms with E-state index in [1.54, 1.807) is 18.6 Å². The van der Waals surface area contributed by atoms with Crippen molar-refractivity contribution < 1.29 is 14.1 Å². The molecule has 0 spiro atoms. The number of nitrogens with zero attached hydrogens (tertiary/aromatic N) is 1. The number of nitro groups is 1. The van der Waals surface area contributed by atoms with Crippen molar-refractivity contribution in [1.82, 2.24) is 5.32 Å². The first kappa shape index (κ1) is 14.1. The van der Waals surface area contributed by atoms with Gasteiger partial charge >= 0.3 is 0 Å². The van der Waals surface area contributed by atoms with Crippen LogP contribution in [-0.2, 0) is 6.42 Å². The molecular formula is C13H11ClN2O4. The van der Waals surface area contributed by atoms with Gasteiger partial charge in [-0.1, -0.05) is 11.6 Å². The second-order valence-electron chi connectivity index (χ2n) is 4.06. The van der Waals surface area contributed by atoms with E-state index in [9.17, 15) is 14.9 Å². The zero-order chi connectivity index (χ0) is 14.5. The predicted molar refractivity (Wildman–Crippen MR) is 72.9 cm³/mol. The number of benzene rings is 1. The zero-order valence-electron chi connectivity index (χ0n) is 10.3. The summed E-state index contributed by atoms with van der Waals surface area (Å²) in [5, 5.41) is 13.8. The largest absolute Gasteiger partial charge is 0.472 e. The normalized spacial score (nSPS) is 10.2. The van der Waals surface area contributed by atoms with E-state index in [1.165, 1.54) is 18.2 Å². The van der Waals surface area contributed by atoms with Crippen LogP contribution in [0.2, 0.25) is 5.02 Å². The lowest BCUT2D eigenvalue weighted by Crippen LogP contribution is -2.26. The van der Waals surface area contributed by atoms with Gasteiger partial charge in [-0.25, -0.2) is 0 Å². The highest BCUT2D eigenvalue weighted by Gasteiger charge is 2.20. The number of rotatable bonds is 5. The third-order valence-electron chi connectivity index (χ3n) is 2.68. The second kappa shape index (κ2) is 6.21. The van der Waals surface area contributed by atoms with Gasteiger partial charge in [0.1, 0.15) is 5.56 Å². The average molecular weight is 295 g/mol. The molecule has 2 aromatic rings. The summed E-state index contributed by atoms with van der Waals surface area (Å²) in [6.45, 7) is 0.349. The monoisotopic (exact) mass is 294 g/mol. The number of carbonyl (C=O) groups excluding carboxylic acids is 1. The van der Waals surface area contributed by atoms with E-state index >= 15 is 0 Å². The number of carbonyl (C=O) groups is 1. The molecule has 0 atom stereocenters. The molecular weight excluding hydrogens is 284 g/mol. The standard InChI is InChI=1S/C13H11ClN2O4/c14-10-1-2-12(16(18)19)11(7-10)13(17)15-5-3-9-4-6-20-8-9/h1-2,4,6-8H,3,5H2,(H,15,17). The van der Waals surface area contributed by atoms with Crippen molar-refractivity contribution >= 4 is 23.2 Å². The van der Waals surface area contributed by atoms with Gasteiger partial charge in [-0.15, -0.1) is 0 Å². The van der Waals surface area contributed by atoms with E-state index in [0.29, 0.717) is 13.0 Å². The highest BCUT2D eigenvalue weighted by Crippen LogP contribution is 2.22. The number of amides is 1. The van der Waals surface area contributed by atoms with Crippen LogP contribution in [0.15, 0.2) is 41.2 Å². The summed E-state index contributed by atoms with van der Waals surface area (Å²) >= 11 is 5.77. The predicted octanol–water partition coefficient (Wildman–Crippen LogP) is 2.81. The SMILES string of the molecule is O=C(NCCc1ccoc1)c1cc(Cl)ccc1[N+](=O)[O-]. The van der Waals surface area contributed by atoms with Crippen LogP contribution in [0.3, 0.4) is 0 Å². The molecule has 0 unspecified atom stereocenters. The number of hydrogen-bond acceptors (Lipinski definition) is 4. The summed E-state index contributed by atoms with van der Waals surface area (Å²) in [7, 11) is 0. The summed E-state index contributed by atoms with van der Waals surface area (Å²) in [4.78, 5) is 22.2. The summed E-state index contributed by atoms with van der Waals surface area (Å²) in [6.07, 6.45) is 3.70. The summed E-state index contributed by atoms with van der Waals surface area (Å²) in [5.74, 6) is -0.525. The van der Waals surface area contributed by atoms with Gasteiger partial charge in [0, 0.05) is 17.6 Å². The molecule has 20 heavy (non-hydrogen) atoms. The van der Waals surface area contributed by atoms with Crippen molar-refractivity contribution in [2.75, 3.05) is 6.54 Å². The molecule has 0 saturated carbocycles. The van der Waals surface area contributed by atoms with Gasteiger partial charge < -0.3 is 9.73 Å². The molecule has 1 N–H and O–H groups in total. The van der Waals surface area contributed by atoms with E-state index < -0.39 is 10.8 Å². The Labute approximate surface area is 119 Å². The van der Waals surface area contributed by atoms with E-state index in [1.807, 2.05) is 0 Å². The lowest BCUT2D eigenvalue weighted by Gasteiger charge is -2.05. The molecule has 0 aliphatic rings. The Balaban J connectivity index is 2.05. The van der Waals surface area contributed by atoms with E-state index in [0.717, 1.165) is 5.56 Å². The lowest BCUT2D eigenvalue weighted by molar-refractivity contribution is -0.385. The number of furan rings is 1. The van der Waals surface area contributed by atoms with Gasteiger partial charge in [0.25, 0.3) is 11.6 Å². The molecule has 1 aromatic carbocycles. The Morgan fingerprint density at radius 1 is 1.40 bits per heavy atom. The van der Waals surface area contributed by atoms with Crippen LogP contribution in [0, 0.1) is 10.1 Å².